The minimum absolute atomic E-state index is 0.334. The molecule has 0 aromatic heterocycles. The van der Waals surface area contributed by atoms with E-state index in [1.165, 1.54) is 6.08 Å². The molecule has 1 aromatic rings. The molecule has 0 aliphatic rings. The molecule has 21 heavy (non-hydrogen) atoms. The molecule has 0 saturated carbocycles. The molecule has 1 aromatic carbocycles. The quantitative estimate of drug-likeness (QED) is 0.364. The SMILES string of the molecule is C=CC(C)OCC(O)Cc1c(F)c(F)c(F)c(F)c1OF. The second-order valence-electron chi connectivity index (χ2n) is 4.27. The topological polar surface area (TPSA) is 38.7 Å². The molecule has 8 heteroatoms. The predicted octanol–water partition coefficient (Wildman–Crippen LogP) is 3.00. The lowest BCUT2D eigenvalue weighted by molar-refractivity contribution is -0.0160. The van der Waals surface area contributed by atoms with E-state index < -0.39 is 53.2 Å². The molecular formula is C13H13F5O3. The van der Waals surface area contributed by atoms with Crippen molar-refractivity contribution in [2.24, 2.45) is 0 Å². The van der Waals surface area contributed by atoms with Crippen LogP contribution in [0.2, 0.25) is 0 Å². The van der Waals surface area contributed by atoms with Crippen LogP contribution in [-0.2, 0) is 11.2 Å². The van der Waals surface area contributed by atoms with Crippen LogP contribution in [0.4, 0.5) is 22.1 Å². The fourth-order valence-corrected chi connectivity index (χ4v) is 1.55. The van der Waals surface area contributed by atoms with Crippen LogP contribution < -0.4 is 4.94 Å². The van der Waals surface area contributed by atoms with Crippen molar-refractivity contribution in [3.05, 3.63) is 41.5 Å². The van der Waals surface area contributed by atoms with Gasteiger partial charge in [0.1, 0.15) is 0 Å². The number of ether oxygens (including phenoxy) is 1. The highest BCUT2D eigenvalue weighted by atomic mass is 19.3. The minimum atomic E-state index is -2.20. The molecule has 1 N–H and O–H groups in total. The van der Waals surface area contributed by atoms with Crippen molar-refractivity contribution in [3.8, 4) is 5.75 Å². The van der Waals surface area contributed by atoms with E-state index in [1.807, 2.05) is 0 Å². The van der Waals surface area contributed by atoms with Crippen molar-refractivity contribution < 1.29 is 36.9 Å². The van der Waals surface area contributed by atoms with Crippen LogP contribution in [0.1, 0.15) is 12.5 Å². The zero-order chi connectivity index (χ0) is 16.2. The molecule has 0 amide bonds. The Morgan fingerprint density at radius 2 is 1.71 bits per heavy atom. The first kappa shape index (κ1) is 17.4. The highest BCUT2D eigenvalue weighted by Gasteiger charge is 2.28. The van der Waals surface area contributed by atoms with Crippen LogP contribution in [-0.4, -0.2) is 23.9 Å². The molecule has 0 spiro atoms. The maximum absolute atomic E-state index is 13.5. The van der Waals surface area contributed by atoms with Crippen LogP contribution in [0, 0.1) is 23.3 Å². The Bertz CT molecular complexity index is 521. The van der Waals surface area contributed by atoms with Gasteiger partial charge in [0.05, 0.1) is 18.8 Å². The van der Waals surface area contributed by atoms with Gasteiger partial charge in [0.25, 0.3) is 0 Å². The number of aliphatic hydroxyl groups is 1. The van der Waals surface area contributed by atoms with Gasteiger partial charge in [-0.1, -0.05) is 6.08 Å². The Balaban J connectivity index is 2.99. The Kier molecular flexibility index (Phi) is 6.10. The van der Waals surface area contributed by atoms with Crippen molar-refractivity contribution in [2.45, 2.75) is 25.6 Å². The summed E-state index contributed by atoms with van der Waals surface area (Å²) in [6.07, 6.45) is -1.16. The number of halogens is 5. The van der Waals surface area contributed by atoms with Gasteiger partial charge in [0.2, 0.25) is 17.4 Å². The summed E-state index contributed by atoms with van der Waals surface area (Å²) in [6.45, 7) is 4.69. The molecule has 118 valence electrons. The van der Waals surface area contributed by atoms with Gasteiger partial charge in [-0.3, -0.25) is 4.94 Å². The second-order valence-corrected chi connectivity index (χ2v) is 4.27. The minimum Gasteiger partial charge on any atom is -0.390 e. The molecule has 0 bridgehead atoms. The third kappa shape index (κ3) is 3.92. The predicted molar refractivity (Wildman–Crippen MR) is 63.3 cm³/mol. The van der Waals surface area contributed by atoms with Crippen LogP contribution >= 0.6 is 0 Å². The molecule has 0 heterocycles. The Morgan fingerprint density at radius 1 is 1.14 bits per heavy atom. The maximum atomic E-state index is 13.5. The smallest absolute Gasteiger partial charge is 0.216 e. The number of hydrogen-bond acceptors (Lipinski definition) is 3. The summed E-state index contributed by atoms with van der Waals surface area (Å²) >= 11 is 0. The van der Waals surface area contributed by atoms with Crippen molar-refractivity contribution in [2.75, 3.05) is 6.61 Å². The first-order valence-electron chi connectivity index (χ1n) is 5.89. The van der Waals surface area contributed by atoms with Crippen LogP contribution in [0.5, 0.6) is 5.75 Å². The number of rotatable bonds is 7. The third-order valence-corrected chi connectivity index (χ3v) is 2.72. The van der Waals surface area contributed by atoms with Gasteiger partial charge in [-0.2, -0.15) is 4.39 Å². The highest BCUT2D eigenvalue weighted by Crippen LogP contribution is 2.31. The second kappa shape index (κ2) is 7.37. The molecule has 0 fully saturated rings. The van der Waals surface area contributed by atoms with E-state index in [9.17, 15) is 27.2 Å². The van der Waals surface area contributed by atoms with E-state index in [2.05, 4.69) is 11.5 Å². The van der Waals surface area contributed by atoms with Gasteiger partial charge >= 0.3 is 0 Å². The fraction of sp³-hybridized carbons (Fsp3) is 0.385. The van der Waals surface area contributed by atoms with E-state index in [0.29, 0.717) is 0 Å². The molecular weight excluding hydrogens is 299 g/mol. The van der Waals surface area contributed by atoms with Crippen molar-refractivity contribution in [1.82, 2.24) is 0 Å². The normalized spacial score (nSPS) is 13.9. The summed E-state index contributed by atoms with van der Waals surface area (Å²) < 4.78 is 70.1. The average Bonchev–Trinajstić information content (AvgIpc) is 2.48. The lowest BCUT2D eigenvalue weighted by Gasteiger charge is -2.16. The molecule has 2 atom stereocenters. The van der Waals surface area contributed by atoms with Gasteiger partial charge in [-0.05, 0) is 6.92 Å². The lowest BCUT2D eigenvalue weighted by Crippen LogP contribution is -2.22. The standard InChI is InChI=1S/C13H13F5O3/c1-3-6(2)20-5-7(19)4-8-9(14)10(15)11(16)12(17)13(8)21-18/h3,6-7,19H,1,4-5H2,2H3. The Morgan fingerprint density at radius 3 is 2.24 bits per heavy atom. The molecule has 1 rings (SSSR count). The van der Waals surface area contributed by atoms with Gasteiger partial charge in [0, 0.05) is 16.5 Å². The number of benzene rings is 1. The van der Waals surface area contributed by atoms with Crippen molar-refractivity contribution in [3.63, 3.8) is 0 Å². The van der Waals surface area contributed by atoms with Gasteiger partial charge in [-0.15, -0.1) is 6.58 Å². The summed E-state index contributed by atoms with van der Waals surface area (Å²) in [4.78, 5) is 3.05. The molecule has 0 saturated heterocycles. The molecule has 0 aliphatic heterocycles. The average molecular weight is 312 g/mol. The third-order valence-electron chi connectivity index (χ3n) is 2.72. The van der Waals surface area contributed by atoms with Gasteiger partial charge < -0.3 is 9.84 Å². The first-order chi connectivity index (χ1) is 9.83. The summed E-state index contributed by atoms with van der Waals surface area (Å²) in [7, 11) is 0. The molecule has 0 aliphatic carbocycles. The van der Waals surface area contributed by atoms with E-state index in [0.717, 1.165) is 0 Å². The Labute approximate surface area is 117 Å². The lowest BCUT2D eigenvalue weighted by atomic mass is 10.1. The van der Waals surface area contributed by atoms with Crippen LogP contribution in [0.3, 0.4) is 0 Å². The highest BCUT2D eigenvalue weighted by molar-refractivity contribution is 5.38. The van der Waals surface area contributed by atoms with Crippen molar-refractivity contribution in [1.29, 1.82) is 0 Å². The summed E-state index contributed by atoms with van der Waals surface area (Å²) in [5.74, 6) is -9.61. The largest absolute Gasteiger partial charge is 0.390 e. The molecule has 3 nitrogen and oxygen atoms in total. The Hall–Kier alpha value is -1.67. The fourth-order valence-electron chi connectivity index (χ4n) is 1.55. The van der Waals surface area contributed by atoms with E-state index in [1.54, 1.807) is 6.92 Å². The molecule has 2 unspecified atom stereocenters. The van der Waals surface area contributed by atoms with E-state index in [-0.39, 0.29) is 6.61 Å². The summed E-state index contributed by atoms with van der Waals surface area (Å²) in [6, 6.07) is 0. The zero-order valence-corrected chi connectivity index (χ0v) is 11.0. The van der Waals surface area contributed by atoms with Crippen LogP contribution in [0.15, 0.2) is 12.7 Å². The van der Waals surface area contributed by atoms with Gasteiger partial charge in [0.15, 0.2) is 11.6 Å². The van der Waals surface area contributed by atoms with Crippen molar-refractivity contribution >= 4 is 0 Å². The monoisotopic (exact) mass is 312 g/mol. The first-order valence-corrected chi connectivity index (χ1v) is 5.89. The number of hydrogen-bond donors (Lipinski definition) is 1. The van der Waals surface area contributed by atoms with Gasteiger partial charge in [-0.25, -0.2) is 13.2 Å². The number of aliphatic hydroxyl groups excluding tert-OH is 1. The van der Waals surface area contributed by atoms with Crippen LogP contribution in [0.25, 0.3) is 0 Å². The maximum Gasteiger partial charge on any atom is 0.216 e. The molecule has 0 radical (unpaired) electrons. The van der Waals surface area contributed by atoms with E-state index in [4.69, 9.17) is 4.74 Å². The zero-order valence-electron chi connectivity index (χ0n) is 11.0. The summed E-state index contributed by atoms with van der Waals surface area (Å²) in [5.41, 5.74) is -0.962. The van der Waals surface area contributed by atoms with E-state index >= 15 is 0 Å². The summed E-state index contributed by atoms with van der Waals surface area (Å²) in [5, 5.41) is 9.60.